The molecule has 0 radical (unpaired) electrons. The first-order valence-corrected chi connectivity index (χ1v) is 8.06. The molecule has 1 atom stereocenters. The van der Waals surface area contributed by atoms with E-state index in [1.807, 2.05) is 12.1 Å². The van der Waals surface area contributed by atoms with Crippen LogP contribution < -0.4 is 5.32 Å². The Morgan fingerprint density at radius 3 is 2.45 bits per heavy atom. The van der Waals surface area contributed by atoms with E-state index < -0.39 is 0 Å². The van der Waals surface area contributed by atoms with Gasteiger partial charge in [0.25, 0.3) is 0 Å². The van der Waals surface area contributed by atoms with Gasteiger partial charge in [-0.25, -0.2) is 4.98 Å². The topological polar surface area (TPSA) is 24.9 Å². The summed E-state index contributed by atoms with van der Waals surface area (Å²) in [7, 11) is 0. The van der Waals surface area contributed by atoms with E-state index in [4.69, 9.17) is 16.6 Å². The molecule has 2 aromatic rings. The van der Waals surface area contributed by atoms with Gasteiger partial charge in [-0.15, -0.1) is 11.3 Å². The minimum atomic E-state index is 0.130. The molecule has 2 rings (SSSR count). The molecule has 4 heteroatoms. The quantitative estimate of drug-likeness (QED) is 0.865. The normalized spacial score (nSPS) is 13.4. The summed E-state index contributed by atoms with van der Waals surface area (Å²) in [5.41, 5.74) is 2.48. The zero-order valence-corrected chi connectivity index (χ0v) is 14.0. The molecule has 1 N–H and O–H groups in total. The van der Waals surface area contributed by atoms with Crippen LogP contribution in [0, 0.1) is 0 Å². The molecule has 0 unspecified atom stereocenters. The third-order valence-corrected chi connectivity index (χ3v) is 4.72. The molecular formula is C16H21ClN2S. The minimum Gasteiger partial charge on any atom is -0.305 e. The molecule has 1 aromatic carbocycles. The van der Waals surface area contributed by atoms with Crippen LogP contribution in [0.25, 0.3) is 0 Å². The van der Waals surface area contributed by atoms with E-state index in [1.54, 1.807) is 11.3 Å². The van der Waals surface area contributed by atoms with Crippen molar-refractivity contribution in [3.8, 4) is 0 Å². The van der Waals surface area contributed by atoms with Crippen LogP contribution in [0.2, 0.25) is 5.02 Å². The van der Waals surface area contributed by atoms with E-state index in [1.165, 1.54) is 10.6 Å². The van der Waals surface area contributed by atoms with Gasteiger partial charge < -0.3 is 5.32 Å². The minimum absolute atomic E-state index is 0.130. The lowest BCUT2D eigenvalue weighted by molar-refractivity contribution is 0.556. The van der Waals surface area contributed by atoms with Gasteiger partial charge in [-0.05, 0) is 24.6 Å². The molecule has 0 aliphatic rings. The molecular weight excluding hydrogens is 288 g/mol. The Bertz CT molecular complexity index is 555. The maximum atomic E-state index is 5.91. The summed E-state index contributed by atoms with van der Waals surface area (Å²) in [5.74, 6) is 0. The van der Waals surface area contributed by atoms with Crippen LogP contribution in [0.4, 0.5) is 0 Å². The van der Waals surface area contributed by atoms with E-state index in [0.29, 0.717) is 0 Å². The van der Waals surface area contributed by atoms with Crippen molar-refractivity contribution < 1.29 is 0 Å². The van der Waals surface area contributed by atoms with Crippen LogP contribution in [0.3, 0.4) is 0 Å². The van der Waals surface area contributed by atoms with E-state index in [9.17, 15) is 0 Å². The summed E-state index contributed by atoms with van der Waals surface area (Å²) in [5, 5.41) is 7.60. The molecule has 2 nitrogen and oxygen atoms in total. The number of thiazole rings is 1. The standard InChI is InChI=1S/C16H21ClN2S/c1-11(12-5-7-13(17)8-6-12)18-9-14-10-20-15(19-14)16(2,3)4/h5-8,10-11,18H,9H2,1-4H3/t11-/m0/s1. The average Bonchev–Trinajstić information content (AvgIpc) is 2.85. The molecule has 0 aliphatic heterocycles. The van der Waals surface area contributed by atoms with Crippen molar-refractivity contribution in [2.24, 2.45) is 0 Å². The summed E-state index contributed by atoms with van der Waals surface area (Å²) < 4.78 is 0. The van der Waals surface area contributed by atoms with Crippen molar-refractivity contribution >= 4 is 22.9 Å². The lowest BCUT2D eigenvalue weighted by Gasteiger charge is -2.15. The average molecular weight is 309 g/mol. The second-order valence-electron chi connectivity index (χ2n) is 6.05. The van der Waals surface area contributed by atoms with Crippen LogP contribution in [0.15, 0.2) is 29.6 Å². The smallest absolute Gasteiger partial charge is 0.0982 e. The first-order valence-electron chi connectivity index (χ1n) is 6.80. The molecule has 0 aliphatic carbocycles. The highest BCUT2D eigenvalue weighted by Crippen LogP contribution is 2.25. The Kier molecular flexibility index (Phi) is 4.84. The molecule has 0 saturated carbocycles. The third-order valence-electron chi connectivity index (χ3n) is 3.15. The van der Waals surface area contributed by atoms with E-state index in [2.05, 4.69) is 50.5 Å². The summed E-state index contributed by atoms with van der Waals surface area (Å²) in [6.45, 7) is 9.52. The predicted molar refractivity (Wildman–Crippen MR) is 87.5 cm³/mol. The van der Waals surface area contributed by atoms with Crippen LogP contribution in [0.5, 0.6) is 0 Å². The Hall–Kier alpha value is -0.900. The second-order valence-corrected chi connectivity index (χ2v) is 7.34. The molecule has 108 valence electrons. The van der Waals surface area contributed by atoms with E-state index in [0.717, 1.165) is 17.3 Å². The number of nitrogens with one attached hydrogen (secondary N) is 1. The van der Waals surface area contributed by atoms with Crippen LogP contribution in [-0.2, 0) is 12.0 Å². The van der Waals surface area contributed by atoms with Gasteiger partial charge in [-0.1, -0.05) is 44.5 Å². The molecule has 20 heavy (non-hydrogen) atoms. The van der Waals surface area contributed by atoms with Crippen LogP contribution >= 0.6 is 22.9 Å². The van der Waals surface area contributed by atoms with Gasteiger partial charge in [0.05, 0.1) is 10.7 Å². The van der Waals surface area contributed by atoms with Crippen LogP contribution in [-0.4, -0.2) is 4.98 Å². The monoisotopic (exact) mass is 308 g/mol. The van der Waals surface area contributed by atoms with Gasteiger partial charge >= 0.3 is 0 Å². The number of hydrogen-bond donors (Lipinski definition) is 1. The van der Waals surface area contributed by atoms with Crippen molar-refractivity contribution in [3.05, 3.63) is 50.9 Å². The van der Waals surface area contributed by atoms with Crippen molar-refractivity contribution in [1.29, 1.82) is 0 Å². The SMILES string of the molecule is C[C@H](NCc1csc(C(C)(C)C)n1)c1ccc(Cl)cc1. The number of benzene rings is 1. The Morgan fingerprint density at radius 2 is 1.90 bits per heavy atom. The molecule has 0 bridgehead atoms. The fourth-order valence-electron chi connectivity index (χ4n) is 1.86. The molecule has 0 saturated heterocycles. The van der Waals surface area contributed by atoms with Gasteiger partial charge in [0.2, 0.25) is 0 Å². The summed E-state index contributed by atoms with van der Waals surface area (Å²) in [6.07, 6.45) is 0. The lowest BCUT2D eigenvalue weighted by atomic mass is 9.98. The summed E-state index contributed by atoms with van der Waals surface area (Å²) >= 11 is 7.64. The van der Waals surface area contributed by atoms with Crippen molar-refractivity contribution in [1.82, 2.24) is 10.3 Å². The number of aromatic nitrogens is 1. The van der Waals surface area contributed by atoms with Gasteiger partial charge in [-0.3, -0.25) is 0 Å². The largest absolute Gasteiger partial charge is 0.305 e. The zero-order valence-electron chi connectivity index (χ0n) is 12.4. The van der Waals surface area contributed by atoms with Crippen LogP contribution in [0.1, 0.15) is 50.0 Å². The molecule has 0 amide bonds. The highest BCUT2D eigenvalue weighted by atomic mass is 35.5. The first-order chi connectivity index (χ1) is 9.36. The number of hydrogen-bond acceptors (Lipinski definition) is 3. The van der Waals surface area contributed by atoms with Crippen molar-refractivity contribution in [2.45, 2.75) is 45.7 Å². The molecule has 0 spiro atoms. The maximum absolute atomic E-state index is 5.91. The fourth-order valence-corrected chi connectivity index (χ4v) is 2.89. The first kappa shape index (κ1) is 15.5. The zero-order chi connectivity index (χ0) is 14.8. The molecule has 1 heterocycles. The second kappa shape index (κ2) is 6.25. The predicted octanol–water partition coefficient (Wildman–Crippen LogP) is 4.94. The van der Waals surface area contributed by atoms with E-state index >= 15 is 0 Å². The molecule has 1 aromatic heterocycles. The number of nitrogens with zero attached hydrogens (tertiary/aromatic N) is 1. The van der Waals surface area contributed by atoms with Gasteiger partial charge in [-0.2, -0.15) is 0 Å². The Balaban J connectivity index is 1.95. The fraction of sp³-hybridized carbons (Fsp3) is 0.438. The summed E-state index contributed by atoms with van der Waals surface area (Å²) in [6, 6.07) is 8.25. The van der Waals surface area contributed by atoms with Gasteiger partial charge in [0.15, 0.2) is 0 Å². The number of halogens is 1. The van der Waals surface area contributed by atoms with Crippen molar-refractivity contribution in [2.75, 3.05) is 0 Å². The number of rotatable bonds is 4. The lowest BCUT2D eigenvalue weighted by Crippen LogP contribution is -2.18. The van der Waals surface area contributed by atoms with Gasteiger partial charge in [0, 0.05) is 28.4 Å². The van der Waals surface area contributed by atoms with E-state index in [-0.39, 0.29) is 11.5 Å². The highest BCUT2D eigenvalue weighted by molar-refractivity contribution is 7.09. The molecule has 0 fully saturated rings. The summed E-state index contributed by atoms with van der Waals surface area (Å²) in [4.78, 5) is 4.70. The third kappa shape index (κ3) is 4.05. The highest BCUT2D eigenvalue weighted by Gasteiger charge is 2.18. The van der Waals surface area contributed by atoms with Crippen molar-refractivity contribution in [3.63, 3.8) is 0 Å². The van der Waals surface area contributed by atoms with Gasteiger partial charge in [0.1, 0.15) is 0 Å². The maximum Gasteiger partial charge on any atom is 0.0982 e. The Labute approximate surface area is 130 Å². The Morgan fingerprint density at radius 1 is 1.25 bits per heavy atom.